The van der Waals surface area contributed by atoms with Gasteiger partial charge in [-0.1, -0.05) is 12.5 Å². The lowest BCUT2D eigenvalue weighted by Crippen LogP contribution is -1.67. The normalized spacial score (nSPS) is 6.00. The molecule has 0 N–H and O–H groups in total. The van der Waals surface area contributed by atoms with E-state index in [0.717, 1.165) is 0 Å². The monoisotopic (exact) mass is 90.0 g/mol. The van der Waals surface area contributed by atoms with Crippen LogP contribution in [0.3, 0.4) is 0 Å². The van der Waals surface area contributed by atoms with Crippen molar-refractivity contribution in [2.75, 3.05) is 0 Å². The van der Waals surface area contributed by atoms with Crippen molar-refractivity contribution in [3.8, 4) is 24.7 Å². The van der Waals surface area contributed by atoms with E-state index in [2.05, 4.69) is 18.4 Å². The van der Waals surface area contributed by atoms with Gasteiger partial charge >= 0.3 is 0 Å². The summed E-state index contributed by atoms with van der Waals surface area (Å²) >= 11 is 0. The van der Waals surface area contributed by atoms with Gasteiger partial charge in [0.1, 0.15) is 0 Å². The van der Waals surface area contributed by atoms with E-state index in [4.69, 9.17) is 12.8 Å². The van der Waals surface area contributed by atoms with E-state index in [1.54, 1.807) is 0 Å². The molecule has 0 amide bonds. The van der Waals surface area contributed by atoms with Gasteiger partial charge in [-0.25, -0.2) is 0 Å². The van der Waals surface area contributed by atoms with Crippen LogP contribution in [0.25, 0.3) is 0 Å². The highest BCUT2D eigenvalue weighted by Gasteiger charge is 1.77. The first-order valence-electron chi connectivity index (χ1n) is 1.89. The minimum atomic E-state index is 0.497. The van der Waals surface area contributed by atoms with E-state index in [1.807, 2.05) is 0 Å². The molecule has 0 heterocycles. The van der Waals surface area contributed by atoms with Crippen molar-refractivity contribution in [3.63, 3.8) is 0 Å². The molecule has 0 saturated heterocycles. The number of allylic oxidation sites excluding steroid dienone is 1. The third kappa shape index (κ3) is 2.67. The zero-order valence-corrected chi connectivity index (χ0v) is 4.07. The minimum Gasteiger partial charge on any atom is -0.120 e. The van der Waals surface area contributed by atoms with Gasteiger partial charge < -0.3 is 0 Å². The van der Waals surface area contributed by atoms with Gasteiger partial charge in [-0.05, 0) is 0 Å². The Morgan fingerprint density at radius 1 is 1.57 bits per heavy atom. The van der Waals surface area contributed by atoms with Crippen molar-refractivity contribution in [2.45, 2.75) is 6.42 Å². The van der Waals surface area contributed by atoms with Crippen molar-refractivity contribution in [2.24, 2.45) is 0 Å². The van der Waals surface area contributed by atoms with Crippen LogP contribution in [0.2, 0.25) is 0 Å². The highest BCUT2D eigenvalue weighted by Crippen LogP contribution is 1.89. The summed E-state index contributed by atoms with van der Waals surface area (Å²) in [5, 5.41) is 0. The summed E-state index contributed by atoms with van der Waals surface area (Å²) < 4.78 is 0. The molecule has 0 fully saturated rings. The summed E-state index contributed by atoms with van der Waals surface area (Å²) in [6, 6.07) is 0. The van der Waals surface area contributed by atoms with E-state index in [9.17, 15) is 0 Å². The maximum absolute atomic E-state index is 4.91. The topological polar surface area (TPSA) is 0 Å². The van der Waals surface area contributed by atoms with Crippen LogP contribution in [0.4, 0.5) is 0 Å². The smallest absolute Gasteiger partial charge is 0.0411 e. The van der Waals surface area contributed by atoms with Crippen LogP contribution < -0.4 is 0 Å². The molecular formula is C7H6. The number of rotatable bonds is 1. The first-order chi connectivity index (χ1) is 3.31. The second-order valence-corrected chi connectivity index (χ2v) is 1.13. The average molecular weight is 90.1 g/mol. The molecule has 0 atom stereocenters. The lowest BCUT2D eigenvalue weighted by Gasteiger charge is -1.80. The van der Waals surface area contributed by atoms with Crippen LogP contribution in [0.5, 0.6) is 0 Å². The average Bonchev–Trinajstić information content (AvgIpc) is 1.68. The van der Waals surface area contributed by atoms with Crippen LogP contribution in [0.15, 0.2) is 12.2 Å². The zero-order chi connectivity index (χ0) is 5.70. The van der Waals surface area contributed by atoms with Gasteiger partial charge in [0.15, 0.2) is 0 Å². The van der Waals surface area contributed by atoms with Crippen molar-refractivity contribution in [1.82, 2.24) is 0 Å². The molecule has 34 valence electrons. The van der Waals surface area contributed by atoms with E-state index in [0.29, 0.717) is 12.0 Å². The Kier molecular flexibility index (Phi) is 2.57. The van der Waals surface area contributed by atoms with Crippen LogP contribution in [-0.2, 0) is 0 Å². The molecule has 0 radical (unpaired) electrons. The van der Waals surface area contributed by atoms with Crippen molar-refractivity contribution in [3.05, 3.63) is 12.2 Å². The zero-order valence-electron chi connectivity index (χ0n) is 4.07. The van der Waals surface area contributed by atoms with Crippen molar-refractivity contribution >= 4 is 0 Å². The van der Waals surface area contributed by atoms with Gasteiger partial charge in [0.2, 0.25) is 0 Å². The van der Waals surface area contributed by atoms with Gasteiger partial charge in [0.25, 0.3) is 0 Å². The standard InChI is InChI=1S/C7H6/c1-4-6-7(3)5-2/h1-2H,3,6H2. The van der Waals surface area contributed by atoms with E-state index in [-0.39, 0.29) is 0 Å². The number of hydrogen-bond donors (Lipinski definition) is 0. The van der Waals surface area contributed by atoms with Gasteiger partial charge in [0, 0.05) is 12.0 Å². The van der Waals surface area contributed by atoms with Gasteiger partial charge in [-0.3, -0.25) is 0 Å². The highest BCUT2D eigenvalue weighted by atomic mass is 13.8. The van der Waals surface area contributed by atoms with Crippen LogP contribution in [-0.4, -0.2) is 0 Å². The molecule has 0 aliphatic rings. The van der Waals surface area contributed by atoms with Crippen LogP contribution >= 0.6 is 0 Å². The van der Waals surface area contributed by atoms with E-state index >= 15 is 0 Å². The number of terminal acetylenes is 2. The molecule has 0 bridgehead atoms. The fourth-order valence-corrected chi connectivity index (χ4v) is 0.174. The Morgan fingerprint density at radius 2 is 2.14 bits per heavy atom. The Morgan fingerprint density at radius 3 is 2.29 bits per heavy atom. The van der Waals surface area contributed by atoms with Gasteiger partial charge in [-0.2, -0.15) is 0 Å². The van der Waals surface area contributed by atoms with E-state index < -0.39 is 0 Å². The summed E-state index contributed by atoms with van der Waals surface area (Å²) in [5.41, 5.74) is 0.669. The Bertz CT molecular complexity index is 138. The fourth-order valence-electron chi connectivity index (χ4n) is 0.174. The lowest BCUT2D eigenvalue weighted by atomic mass is 10.2. The molecular weight excluding hydrogens is 84.1 g/mol. The predicted molar refractivity (Wildman–Crippen MR) is 31.4 cm³/mol. The molecule has 0 aromatic carbocycles. The SMILES string of the molecule is C#CCC(=C)C#C. The molecule has 0 saturated carbocycles. The quantitative estimate of drug-likeness (QED) is 0.424. The highest BCUT2D eigenvalue weighted by molar-refractivity contribution is 5.25. The van der Waals surface area contributed by atoms with Crippen LogP contribution in [0.1, 0.15) is 6.42 Å². The third-order valence-electron chi connectivity index (χ3n) is 0.520. The second-order valence-electron chi connectivity index (χ2n) is 1.13. The third-order valence-corrected chi connectivity index (χ3v) is 0.520. The molecule has 0 aromatic heterocycles. The summed E-state index contributed by atoms with van der Waals surface area (Å²) in [7, 11) is 0. The summed E-state index contributed by atoms with van der Waals surface area (Å²) in [6.07, 6.45) is 10.3. The molecule has 0 spiro atoms. The minimum absolute atomic E-state index is 0.497. The molecule has 7 heavy (non-hydrogen) atoms. The fraction of sp³-hybridized carbons (Fsp3) is 0.143. The maximum atomic E-state index is 4.91. The molecule has 0 unspecified atom stereocenters. The molecule has 0 nitrogen and oxygen atoms in total. The van der Waals surface area contributed by atoms with E-state index in [1.165, 1.54) is 0 Å². The molecule has 0 aromatic rings. The first-order valence-corrected chi connectivity index (χ1v) is 1.89. The molecule has 0 aliphatic carbocycles. The van der Waals surface area contributed by atoms with Crippen molar-refractivity contribution < 1.29 is 0 Å². The Hall–Kier alpha value is -1.14. The first kappa shape index (κ1) is 5.86. The molecule has 0 rings (SSSR count). The molecule has 0 aliphatic heterocycles. The summed E-state index contributed by atoms with van der Waals surface area (Å²) in [4.78, 5) is 0. The second kappa shape index (κ2) is 3.07. The van der Waals surface area contributed by atoms with Gasteiger partial charge in [0.05, 0.1) is 0 Å². The Balaban J connectivity index is 3.50. The van der Waals surface area contributed by atoms with Crippen molar-refractivity contribution in [1.29, 1.82) is 0 Å². The largest absolute Gasteiger partial charge is 0.120 e. The number of hydrogen-bond acceptors (Lipinski definition) is 0. The Labute approximate surface area is 44.2 Å². The van der Waals surface area contributed by atoms with Crippen LogP contribution in [0, 0.1) is 24.7 Å². The van der Waals surface area contributed by atoms with Gasteiger partial charge in [-0.15, -0.1) is 18.8 Å². The molecule has 0 heteroatoms. The summed E-state index contributed by atoms with van der Waals surface area (Å²) in [6.45, 7) is 3.48. The summed E-state index contributed by atoms with van der Waals surface area (Å²) in [5.74, 6) is 4.71. The predicted octanol–water partition coefficient (Wildman–Crippen LogP) is 1.20. The lowest BCUT2D eigenvalue weighted by molar-refractivity contribution is 1.39. The maximum Gasteiger partial charge on any atom is 0.0411 e.